The zero-order chi connectivity index (χ0) is 21.5. The molecule has 1 aliphatic rings. The van der Waals surface area contributed by atoms with Crippen molar-refractivity contribution in [2.24, 2.45) is 5.92 Å². The Morgan fingerprint density at radius 2 is 1.59 bits per heavy atom. The topological polar surface area (TPSA) is 66.5 Å². The number of nitrogens with one attached hydrogen (secondary N) is 1. The van der Waals surface area contributed by atoms with E-state index in [0.29, 0.717) is 6.07 Å². The molecule has 152 valence electrons. The molecule has 0 unspecified atom stereocenters. The van der Waals surface area contributed by atoms with Crippen molar-refractivity contribution in [1.82, 2.24) is 4.90 Å². The molecule has 0 aliphatic carbocycles. The number of halogens is 4. The Labute approximate surface area is 169 Å². The summed E-state index contributed by atoms with van der Waals surface area (Å²) in [7, 11) is 0. The lowest BCUT2D eigenvalue weighted by atomic mass is 10.0. The van der Waals surface area contributed by atoms with Gasteiger partial charge in [0.15, 0.2) is 0 Å². The van der Waals surface area contributed by atoms with E-state index in [9.17, 15) is 27.6 Å². The molecule has 0 saturated carbocycles. The summed E-state index contributed by atoms with van der Waals surface area (Å²) in [5.41, 5.74) is -0.878. The number of alkyl halides is 3. The number of nitrogens with zero attached hydrogens (tertiary/aromatic N) is 1. The van der Waals surface area contributed by atoms with Crippen molar-refractivity contribution < 1.29 is 27.6 Å². The molecule has 0 bridgehead atoms. The molecule has 2 aromatic rings. The number of fused-ring (bicyclic) bond motifs is 1. The van der Waals surface area contributed by atoms with E-state index in [0.717, 1.165) is 11.0 Å². The second-order valence-electron chi connectivity index (χ2n) is 6.90. The summed E-state index contributed by atoms with van der Waals surface area (Å²) >= 11 is 5.59. The molecule has 0 saturated heterocycles. The van der Waals surface area contributed by atoms with E-state index >= 15 is 0 Å². The highest BCUT2D eigenvalue weighted by Gasteiger charge is 2.44. The number of rotatable bonds is 4. The normalized spacial score (nSPS) is 14.9. The number of anilines is 1. The molecule has 0 aromatic heterocycles. The number of benzene rings is 2. The van der Waals surface area contributed by atoms with Gasteiger partial charge in [0, 0.05) is 5.69 Å². The second kappa shape index (κ2) is 7.51. The molecule has 5 nitrogen and oxygen atoms in total. The fourth-order valence-electron chi connectivity index (χ4n) is 3.22. The summed E-state index contributed by atoms with van der Waals surface area (Å²) in [6, 6.07) is 7.92. The monoisotopic (exact) mass is 424 g/mol. The standard InChI is InChI=1S/C20H16ClF3N2O3/c1-10(2)16(26-18(28)12-5-3-4-6-13(12)19(26)29)17(27)25-11-7-8-15(21)14(9-11)20(22,23)24/h3-10,16H,1-2H3,(H,25,27)/t16-/m0/s1. The van der Waals surface area contributed by atoms with Crippen LogP contribution >= 0.6 is 11.6 Å². The van der Waals surface area contributed by atoms with Gasteiger partial charge in [0.25, 0.3) is 11.8 Å². The first-order chi connectivity index (χ1) is 13.5. The van der Waals surface area contributed by atoms with E-state index < -0.39 is 46.4 Å². The Bertz CT molecular complexity index is 970. The van der Waals surface area contributed by atoms with Gasteiger partial charge in [-0.2, -0.15) is 13.2 Å². The lowest BCUT2D eigenvalue weighted by Gasteiger charge is -2.28. The zero-order valence-corrected chi connectivity index (χ0v) is 16.1. The number of carbonyl (C=O) groups is 3. The largest absolute Gasteiger partial charge is 0.417 e. The molecular formula is C20H16ClF3N2O3. The van der Waals surface area contributed by atoms with Gasteiger partial charge in [-0.15, -0.1) is 0 Å². The highest BCUT2D eigenvalue weighted by molar-refractivity contribution is 6.31. The third-order valence-corrected chi connectivity index (χ3v) is 4.87. The van der Waals surface area contributed by atoms with Gasteiger partial charge in [-0.3, -0.25) is 19.3 Å². The second-order valence-corrected chi connectivity index (χ2v) is 7.30. The van der Waals surface area contributed by atoms with Crippen molar-refractivity contribution in [3.8, 4) is 0 Å². The highest BCUT2D eigenvalue weighted by atomic mass is 35.5. The molecule has 0 fully saturated rings. The quantitative estimate of drug-likeness (QED) is 0.728. The molecule has 1 heterocycles. The van der Waals surface area contributed by atoms with Gasteiger partial charge in [-0.1, -0.05) is 37.6 Å². The molecule has 3 amide bonds. The average molecular weight is 425 g/mol. The van der Waals surface area contributed by atoms with Crippen LogP contribution in [0.15, 0.2) is 42.5 Å². The van der Waals surface area contributed by atoms with Crippen LogP contribution in [0.4, 0.5) is 18.9 Å². The maximum absolute atomic E-state index is 13.1. The van der Waals surface area contributed by atoms with E-state index in [1.165, 1.54) is 18.2 Å². The van der Waals surface area contributed by atoms with Crippen LogP contribution in [0.3, 0.4) is 0 Å². The molecule has 1 aliphatic heterocycles. The number of imide groups is 1. The molecule has 0 spiro atoms. The van der Waals surface area contributed by atoms with Crippen molar-refractivity contribution in [2.75, 3.05) is 5.32 Å². The van der Waals surface area contributed by atoms with Crippen molar-refractivity contribution in [1.29, 1.82) is 0 Å². The molecule has 0 radical (unpaired) electrons. The van der Waals surface area contributed by atoms with Crippen molar-refractivity contribution in [2.45, 2.75) is 26.1 Å². The zero-order valence-electron chi connectivity index (χ0n) is 15.4. The molecular weight excluding hydrogens is 409 g/mol. The Morgan fingerprint density at radius 1 is 1.03 bits per heavy atom. The van der Waals surface area contributed by atoms with Crippen molar-refractivity contribution >= 4 is 35.0 Å². The highest BCUT2D eigenvalue weighted by Crippen LogP contribution is 2.36. The molecule has 3 rings (SSSR count). The van der Waals surface area contributed by atoms with Gasteiger partial charge < -0.3 is 5.32 Å². The first kappa shape index (κ1) is 20.9. The maximum atomic E-state index is 13.1. The maximum Gasteiger partial charge on any atom is 0.417 e. The predicted octanol–water partition coefficient (Wildman–Crippen LogP) is 4.62. The predicted molar refractivity (Wildman–Crippen MR) is 101 cm³/mol. The summed E-state index contributed by atoms with van der Waals surface area (Å²) in [4.78, 5) is 39.1. The van der Waals surface area contributed by atoms with Gasteiger partial charge in [-0.25, -0.2) is 0 Å². The minimum absolute atomic E-state index is 0.144. The minimum Gasteiger partial charge on any atom is -0.324 e. The molecule has 2 aromatic carbocycles. The van der Waals surface area contributed by atoms with Crippen LogP contribution in [0.25, 0.3) is 0 Å². The fourth-order valence-corrected chi connectivity index (χ4v) is 3.44. The van der Waals surface area contributed by atoms with Gasteiger partial charge in [0.05, 0.1) is 21.7 Å². The molecule has 9 heteroatoms. The van der Waals surface area contributed by atoms with Crippen LogP contribution in [-0.4, -0.2) is 28.7 Å². The van der Waals surface area contributed by atoms with E-state index in [-0.39, 0.29) is 16.8 Å². The summed E-state index contributed by atoms with van der Waals surface area (Å²) in [6.45, 7) is 3.27. The first-order valence-corrected chi connectivity index (χ1v) is 9.04. The average Bonchev–Trinajstić information content (AvgIpc) is 2.88. The number of carbonyl (C=O) groups excluding carboxylic acids is 3. The molecule has 1 N–H and O–H groups in total. The number of hydrogen-bond donors (Lipinski definition) is 1. The first-order valence-electron chi connectivity index (χ1n) is 8.67. The van der Waals surface area contributed by atoms with Crippen LogP contribution < -0.4 is 5.32 Å². The van der Waals surface area contributed by atoms with E-state index in [1.54, 1.807) is 26.0 Å². The Hall–Kier alpha value is -2.87. The van der Waals surface area contributed by atoms with Crippen LogP contribution in [0.5, 0.6) is 0 Å². The molecule has 29 heavy (non-hydrogen) atoms. The summed E-state index contributed by atoms with van der Waals surface area (Å²) in [5, 5.41) is 1.86. The summed E-state index contributed by atoms with van der Waals surface area (Å²) < 4.78 is 39.2. The number of amides is 3. The van der Waals surface area contributed by atoms with E-state index in [1.807, 2.05) is 0 Å². The lowest BCUT2D eigenvalue weighted by molar-refractivity contribution is -0.137. The lowest BCUT2D eigenvalue weighted by Crippen LogP contribution is -2.50. The van der Waals surface area contributed by atoms with Gasteiger partial charge >= 0.3 is 6.18 Å². The van der Waals surface area contributed by atoms with Crippen molar-refractivity contribution in [3.63, 3.8) is 0 Å². The van der Waals surface area contributed by atoms with Gasteiger partial charge in [-0.05, 0) is 36.2 Å². The van der Waals surface area contributed by atoms with E-state index in [2.05, 4.69) is 5.32 Å². The molecule has 1 atom stereocenters. The SMILES string of the molecule is CC(C)[C@@H](C(=O)Nc1ccc(Cl)c(C(F)(F)F)c1)N1C(=O)c2ccccc2C1=O. The number of hydrogen-bond acceptors (Lipinski definition) is 3. The third-order valence-electron chi connectivity index (χ3n) is 4.54. The fraction of sp³-hybridized carbons (Fsp3) is 0.250. The van der Waals surface area contributed by atoms with Crippen LogP contribution in [-0.2, 0) is 11.0 Å². The van der Waals surface area contributed by atoms with Gasteiger partial charge in [0.1, 0.15) is 6.04 Å². The van der Waals surface area contributed by atoms with Crippen LogP contribution in [0.1, 0.15) is 40.1 Å². The van der Waals surface area contributed by atoms with Crippen molar-refractivity contribution in [3.05, 3.63) is 64.2 Å². The minimum atomic E-state index is -4.70. The smallest absolute Gasteiger partial charge is 0.324 e. The van der Waals surface area contributed by atoms with Crippen LogP contribution in [0.2, 0.25) is 5.02 Å². The summed E-state index contributed by atoms with van der Waals surface area (Å²) in [6.07, 6.45) is -4.70. The van der Waals surface area contributed by atoms with E-state index in [4.69, 9.17) is 11.6 Å². The Morgan fingerprint density at radius 3 is 2.07 bits per heavy atom. The third kappa shape index (κ3) is 3.85. The summed E-state index contributed by atoms with van der Waals surface area (Å²) in [5.74, 6) is -2.49. The van der Waals surface area contributed by atoms with Crippen LogP contribution in [0, 0.1) is 5.92 Å². The Kier molecular flexibility index (Phi) is 5.40. The van der Waals surface area contributed by atoms with Gasteiger partial charge in [0.2, 0.25) is 5.91 Å². The Balaban J connectivity index is 1.91.